The van der Waals surface area contributed by atoms with Gasteiger partial charge in [-0.1, -0.05) is 12.1 Å². The molecule has 1 fully saturated rings. The highest BCUT2D eigenvalue weighted by atomic mass is 32.2. The Labute approximate surface area is 167 Å². The van der Waals surface area contributed by atoms with Crippen LogP contribution in [0.25, 0.3) is 0 Å². The molecule has 28 heavy (non-hydrogen) atoms. The van der Waals surface area contributed by atoms with Gasteiger partial charge in [0, 0.05) is 24.1 Å². The fourth-order valence-electron chi connectivity index (χ4n) is 3.28. The van der Waals surface area contributed by atoms with Crippen LogP contribution in [0.2, 0.25) is 0 Å². The first kappa shape index (κ1) is 22.4. The molecule has 7 nitrogen and oxygen atoms in total. The molecule has 0 heterocycles. The number of rotatable bonds is 9. The summed E-state index contributed by atoms with van der Waals surface area (Å²) in [6.45, 7) is 3.30. The van der Waals surface area contributed by atoms with Crippen LogP contribution in [0.1, 0.15) is 57.9 Å². The second kappa shape index (κ2) is 10.0. The Morgan fingerprint density at radius 2 is 1.71 bits per heavy atom. The number of carbonyl (C=O) groups excluding carboxylic acids is 1. The third-order valence-corrected chi connectivity index (χ3v) is 7.03. The quantitative estimate of drug-likeness (QED) is 0.579. The number of sulfonamides is 1. The molecule has 0 radical (unpaired) electrons. The molecule has 2 rings (SSSR count). The Balaban J connectivity index is 1.78. The van der Waals surface area contributed by atoms with Crippen LogP contribution in [0.15, 0.2) is 24.3 Å². The average Bonchev–Trinajstić information content (AvgIpc) is 2.63. The van der Waals surface area contributed by atoms with Gasteiger partial charge in [0.1, 0.15) is 0 Å². The van der Waals surface area contributed by atoms with E-state index in [0.29, 0.717) is 38.5 Å². The lowest BCUT2D eigenvalue weighted by Crippen LogP contribution is -2.42. The summed E-state index contributed by atoms with van der Waals surface area (Å²) in [5.74, 6) is -0.950. The first-order valence-corrected chi connectivity index (χ1v) is 11.3. The van der Waals surface area contributed by atoms with E-state index in [0.717, 1.165) is 11.3 Å². The van der Waals surface area contributed by atoms with Gasteiger partial charge in [-0.25, -0.2) is 13.1 Å². The van der Waals surface area contributed by atoms with Crippen LogP contribution in [-0.2, 0) is 26.0 Å². The third kappa shape index (κ3) is 6.91. The van der Waals surface area contributed by atoms with Crippen molar-refractivity contribution in [2.24, 2.45) is 5.92 Å². The number of carboxylic acid groups (broad SMARTS) is 1. The summed E-state index contributed by atoms with van der Waals surface area (Å²) in [7, 11) is -3.28. The zero-order valence-electron chi connectivity index (χ0n) is 16.5. The molecule has 0 aromatic heterocycles. The first-order chi connectivity index (χ1) is 13.2. The normalized spacial score (nSPS) is 20.1. The number of carbonyl (C=O) groups is 2. The molecule has 8 heteroatoms. The molecule has 0 unspecified atom stereocenters. The highest BCUT2D eigenvalue weighted by Gasteiger charge is 2.29. The van der Waals surface area contributed by atoms with E-state index in [2.05, 4.69) is 10.0 Å². The molecule has 1 aliphatic carbocycles. The van der Waals surface area contributed by atoms with Crippen LogP contribution < -0.4 is 10.0 Å². The molecule has 1 aromatic carbocycles. The topological polar surface area (TPSA) is 113 Å². The lowest BCUT2D eigenvalue weighted by atomic mass is 9.86. The van der Waals surface area contributed by atoms with Gasteiger partial charge >= 0.3 is 5.97 Å². The van der Waals surface area contributed by atoms with Gasteiger partial charge < -0.3 is 10.4 Å². The van der Waals surface area contributed by atoms with E-state index in [1.165, 1.54) is 0 Å². The fraction of sp³-hybridized carbons (Fsp3) is 0.600. The van der Waals surface area contributed by atoms with E-state index in [1.807, 2.05) is 24.3 Å². The van der Waals surface area contributed by atoms with Crippen LogP contribution in [0, 0.1) is 5.92 Å². The van der Waals surface area contributed by atoms with Gasteiger partial charge in [-0.05, 0) is 70.1 Å². The van der Waals surface area contributed by atoms with E-state index in [9.17, 15) is 18.0 Å². The average molecular weight is 411 g/mol. The molecule has 0 aliphatic heterocycles. The van der Waals surface area contributed by atoms with Gasteiger partial charge in [-0.15, -0.1) is 0 Å². The third-order valence-electron chi connectivity index (χ3n) is 5.13. The Bertz CT molecular complexity index is 766. The number of amides is 1. The minimum absolute atomic E-state index is 0.0382. The summed E-state index contributed by atoms with van der Waals surface area (Å²) < 4.78 is 26.7. The summed E-state index contributed by atoms with van der Waals surface area (Å²) in [6, 6.07) is 7.36. The summed E-state index contributed by atoms with van der Waals surface area (Å²) in [5, 5.41) is 11.1. The maximum absolute atomic E-state index is 12.5. The molecule has 156 valence electrons. The molecule has 1 amide bonds. The molecule has 0 atom stereocenters. The number of benzene rings is 1. The molecule has 0 saturated heterocycles. The number of nitrogens with one attached hydrogen (secondary N) is 2. The van der Waals surface area contributed by atoms with Crippen molar-refractivity contribution in [3.05, 3.63) is 29.8 Å². The SMILES string of the molecule is CC(C)S(=O)(=O)NC1CCC(C(=O)Nc2ccc(CCCC(=O)O)cc2)CC1. The van der Waals surface area contributed by atoms with Gasteiger partial charge in [0.2, 0.25) is 15.9 Å². The highest BCUT2D eigenvalue weighted by Crippen LogP contribution is 2.26. The van der Waals surface area contributed by atoms with Crippen molar-refractivity contribution in [3.63, 3.8) is 0 Å². The summed E-state index contributed by atoms with van der Waals surface area (Å²) >= 11 is 0. The van der Waals surface area contributed by atoms with E-state index in [-0.39, 0.29) is 24.3 Å². The Morgan fingerprint density at radius 3 is 2.25 bits per heavy atom. The van der Waals surface area contributed by atoms with Gasteiger partial charge in [0.15, 0.2) is 0 Å². The summed E-state index contributed by atoms with van der Waals surface area (Å²) in [5.41, 5.74) is 1.76. The van der Waals surface area contributed by atoms with Crippen molar-refractivity contribution in [2.75, 3.05) is 5.32 Å². The van der Waals surface area contributed by atoms with Crippen molar-refractivity contribution >= 4 is 27.6 Å². The zero-order chi connectivity index (χ0) is 20.7. The Morgan fingerprint density at radius 1 is 1.11 bits per heavy atom. The van der Waals surface area contributed by atoms with Crippen molar-refractivity contribution in [1.82, 2.24) is 4.72 Å². The summed E-state index contributed by atoms with van der Waals surface area (Å²) in [4.78, 5) is 23.0. The zero-order valence-corrected chi connectivity index (χ0v) is 17.3. The predicted octanol–water partition coefficient (Wildman–Crippen LogP) is 2.92. The number of carboxylic acids is 1. The van der Waals surface area contributed by atoms with E-state index in [4.69, 9.17) is 5.11 Å². The minimum atomic E-state index is -3.28. The van der Waals surface area contributed by atoms with E-state index >= 15 is 0 Å². The first-order valence-electron chi connectivity index (χ1n) is 9.80. The fourth-order valence-corrected chi connectivity index (χ4v) is 4.26. The van der Waals surface area contributed by atoms with E-state index < -0.39 is 21.2 Å². The lowest BCUT2D eigenvalue weighted by Gasteiger charge is -2.28. The standard InChI is InChI=1S/C20H30N2O5S/c1-14(2)28(26,27)22-18-12-8-16(9-13-18)20(25)21-17-10-6-15(7-11-17)4-3-5-19(23)24/h6-7,10-11,14,16,18,22H,3-5,8-9,12-13H2,1-2H3,(H,21,25)(H,23,24). The van der Waals surface area contributed by atoms with Crippen LogP contribution in [-0.4, -0.2) is 36.7 Å². The molecule has 3 N–H and O–H groups in total. The Kier molecular flexibility index (Phi) is 8.00. The van der Waals surface area contributed by atoms with Crippen molar-refractivity contribution in [1.29, 1.82) is 0 Å². The number of anilines is 1. The van der Waals surface area contributed by atoms with Crippen LogP contribution in [0.4, 0.5) is 5.69 Å². The van der Waals surface area contributed by atoms with Crippen LogP contribution >= 0.6 is 0 Å². The molecular formula is C20H30N2O5S. The smallest absolute Gasteiger partial charge is 0.303 e. The summed E-state index contributed by atoms with van der Waals surface area (Å²) in [6.07, 6.45) is 4.06. The Hall–Kier alpha value is -1.93. The lowest BCUT2D eigenvalue weighted by molar-refractivity contribution is -0.137. The van der Waals surface area contributed by atoms with Gasteiger partial charge in [-0.2, -0.15) is 0 Å². The molecule has 0 spiro atoms. The van der Waals surface area contributed by atoms with Gasteiger partial charge in [0.25, 0.3) is 0 Å². The second-order valence-corrected chi connectivity index (χ2v) is 9.96. The number of aliphatic carboxylic acids is 1. The maximum Gasteiger partial charge on any atom is 0.303 e. The molecule has 1 aromatic rings. The van der Waals surface area contributed by atoms with Crippen LogP contribution in [0.5, 0.6) is 0 Å². The van der Waals surface area contributed by atoms with Crippen molar-refractivity contribution < 1.29 is 23.1 Å². The largest absolute Gasteiger partial charge is 0.481 e. The van der Waals surface area contributed by atoms with Gasteiger partial charge in [-0.3, -0.25) is 9.59 Å². The minimum Gasteiger partial charge on any atom is -0.481 e. The molecule has 1 saturated carbocycles. The predicted molar refractivity (Wildman–Crippen MR) is 109 cm³/mol. The monoisotopic (exact) mass is 410 g/mol. The molecular weight excluding hydrogens is 380 g/mol. The number of hydrogen-bond donors (Lipinski definition) is 3. The van der Waals surface area contributed by atoms with Crippen molar-refractivity contribution in [2.45, 2.75) is 70.1 Å². The number of aryl methyl sites for hydroxylation is 1. The van der Waals surface area contributed by atoms with Crippen molar-refractivity contribution in [3.8, 4) is 0 Å². The molecule has 1 aliphatic rings. The van der Waals surface area contributed by atoms with E-state index in [1.54, 1.807) is 13.8 Å². The number of hydrogen-bond acceptors (Lipinski definition) is 4. The van der Waals surface area contributed by atoms with Gasteiger partial charge in [0.05, 0.1) is 5.25 Å². The molecule has 0 bridgehead atoms. The maximum atomic E-state index is 12.5. The second-order valence-electron chi connectivity index (χ2n) is 7.69. The highest BCUT2D eigenvalue weighted by molar-refractivity contribution is 7.90. The van der Waals surface area contributed by atoms with Crippen LogP contribution in [0.3, 0.4) is 0 Å².